The van der Waals surface area contributed by atoms with Gasteiger partial charge in [0.1, 0.15) is 0 Å². The lowest BCUT2D eigenvalue weighted by atomic mass is 10.2. The third-order valence-corrected chi connectivity index (χ3v) is 5.60. The van der Waals surface area contributed by atoms with Gasteiger partial charge in [-0.1, -0.05) is 31.9 Å². The van der Waals surface area contributed by atoms with Crippen LogP contribution in [0.25, 0.3) is 0 Å². The molecule has 0 radical (unpaired) electrons. The zero-order valence-corrected chi connectivity index (χ0v) is 12.6. The third kappa shape index (κ3) is 3.39. The molecule has 0 unspecified atom stereocenters. The monoisotopic (exact) mass is 295 g/mol. The van der Waals surface area contributed by atoms with Crippen molar-refractivity contribution in [2.75, 3.05) is 5.75 Å². The summed E-state index contributed by atoms with van der Waals surface area (Å²) in [4.78, 5) is 12.4. The maximum atomic E-state index is 12.3. The maximum absolute atomic E-state index is 12.3. The van der Waals surface area contributed by atoms with E-state index in [0.717, 1.165) is 25.7 Å². The van der Waals surface area contributed by atoms with Crippen molar-refractivity contribution < 1.29 is 13.2 Å². The Hall–Kier alpha value is -1.36. The molecular formula is C15H21NO3S. The molecule has 0 bridgehead atoms. The minimum Gasteiger partial charge on any atom is -0.349 e. The van der Waals surface area contributed by atoms with Crippen LogP contribution in [0.2, 0.25) is 0 Å². The number of benzene rings is 1. The highest BCUT2D eigenvalue weighted by atomic mass is 32.2. The lowest BCUT2D eigenvalue weighted by Gasteiger charge is -2.14. The van der Waals surface area contributed by atoms with Crippen LogP contribution in [0.15, 0.2) is 29.2 Å². The van der Waals surface area contributed by atoms with Crippen LogP contribution in [0.4, 0.5) is 0 Å². The van der Waals surface area contributed by atoms with Gasteiger partial charge in [0, 0.05) is 6.04 Å². The fourth-order valence-electron chi connectivity index (χ4n) is 2.64. The maximum Gasteiger partial charge on any atom is 0.252 e. The number of sulfone groups is 1. The summed E-state index contributed by atoms with van der Waals surface area (Å²) >= 11 is 0. The van der Waals surface area contributed by atoms with Gasteiger partial charge in [0.15, 0.2) is 9.84 Å². The second kappa shape index (κ2) is 6.39. The van der Waals surface area contributed by atoms with Gasteiger partial charge < -0.3 is 5.32 Å². The Kier molecular flexibility index (Phi) is 4.81. The van der Waals surface area contributed by atoms with Crippen molar-refractivity contribution in [3.8, 4) is 0 Å². The summed E-state index contributed by atoms with van der Waals surface area (Å²) in [6.45, 7) is 1.82. The molecule has 5 heteroatoms. The summed E-state index contributed by atoms with van der Waals surface area (Å²) in [6, 6.07) is 6.66. The molecule has 1 aliphatic carbocycles. The predicted molar refractivity (Wildman–Crippen MR) is 78.5 cm³/mol. The number of rotatable bonds is 5. The summed E-state index contributed by atoms with van der Waals surface area (Å²) in [6.07, 6.45) is 4.76. The summed E-state index contributed by atoms with van der Waals surface area (Å²) in [5.74, 6) is -0.201. The molecule has 110 valence electrons. The number of nitrogens with one attached hydrogen (secondary N) is 1. The standard InChI is InChI=1S/C15H21NO3S/c1-2-11-20(18,19)14-10-6-5-9-13(14)15(17)16-12-7-3-4-8-12/h5-6,9-10,12H,2-4,7-8,11H2,1H3,(H,16,17). The Morgan fingerprint density at radius 3 is 2.55 bits per heavy atom. The first-order valence-electron chi connectivity index (χ1n) is 7.17. The van der Waals surface area contributed by atoms with E-state index in [-0.39, 0.29) is 28.2 Å². The largest absolute Gasteiger partial charge is 0.349 e. The van der Waals surface area contributed by atoms with E-state index in [9.17, 15) is 13.2 Å². The lowest BCUT2D eigenvalue weighted by Crippen LogP contribution is -2.33. The molecule has 1 fully saturated rings. The Morgan fingerprint density at radius 2 is 1.90 bits per heavy atom. The average Bonchev–Trinajstić information content (AvgIpc) is 2.91. The fourth-order valence-corrected chi connectivity index (χ4v) is 4.18. The smallest absolute Gasteiger partial charge is 0.252 e. The van der Waals surface area contributed by atoms with E-state index in [0.29, 0.717) is 6.42 Å². The Bertz CT molecular complexity index is 575. The van der Waals surface area contributed by atoms with Crippen molar-refractivity contribution in [3.63, 3.8) is 0 Å². The second-order valence-corrected chi connectivity index (χ2v) is 7.35. The van der Waals surface area contributed by atoms with Gasteiger partial charge >= 0.3 is 0 Å². The summed E-state index contributed by atoms with van der Waals surface area (Å²) in [5.41, 5.74) is 0.271. The van der Waals surface area contributed by atoms with Crippen molar-refractivity contribution in [3.05, 3.63) is 29.8 Å². The first kappa shape index (κ1) is 15.0. The van der Waals surface area contributed by atoms with Crippen molar-refractivity contribution in [1.82, 2.24) is 5.32 Å². The van der Waals surface area contributed by atoms with E-state index in [1.54, 1.807) is 18.2 Å². The molecule has 0 aromatic heterocycles. The molecule has 1 amide bonds. The van der Waals surface area contributed by atoms with E-state index in [1.807, 2.05) is 6.92 Å². The van der Waals surface area contributed by atoms with Crippen molar-refractivity contribution >= 4 is 15.7 Å². The third-order valence-electron chi connectivity index (χ3n) is 3.63. The van der Waals surface area contributed by atoms with Gasteiger partial charge in [-0.15, -0.1) is 0 Å². The van der Waals surface area contributed by atoms with Crippen molar-refractivity contribution in [1.29, 1.82) is 0 Å². The summed E-state index contributed by atoms with van der Waals surface area (Å²) < 4.78 is 24.4. The molecule has 0 spiro atoms. The predicted octanol–water partition coefficient (Wildman–Crippen LogP) is 2.54. The molecule has 4 nitrogen and oxygen atoms in total. The van der Waals surface area contributed by atoms with E-state index < -0.39 is 9.84 Å². The first-order chi connectivity index (χ1) is 9.54. The Labute approximate surface area is 120 Å². The average molecular weight is 295 g/mol. The van der Waals surface area contributed by atoms with E-state index >= 15 is 0 Å². The highest BCUT2D eigenvalue weighted by Crippen LogP contribution is 2.21. The van der Waals surface area contributed by atoms with Gasteiger partial charge in [-0.3, -0.25) is 4.79 Å². The Balaban J connectivity index is 2.25. The highest BCUT2D eigenvalue weighted by Gasteiger charge is 2.24. The van der Waals surface area contributed by atoms with Gasteiger partial charge in [-0.05, 0) is 31.4 Å². The molecule has 1 aromatic rings. The molecule has 1 aliphatic rings. The van der Waals surface area contributed by atoms with Gasteiger partial charge in [-0.25, -0.2) is 8.42 Å². The zero-order valence-electron chi connectivity index (χ0n) is 11.8. The number of carbonyl (C=O) groups excluding carboxylic acids is 1. The van der Waals surface area contributed by atoms with Crippen LogP contribution in [-0.4, -0.2) is 26.1 Å². The molecule has 0 aliphatic heterocycles. The van der Waals surface area contributed by atoms with Crippen LogP contribution in [0.5, 0.6) is 0 Å². The van der Waals surface area contributed by atoms with Crippen LogP contribution >= 0.6 is 0 Å². The van der Waals surface area contributed by atoms with Crippen LogP contribution < -0.4 is 5.32 Å². The van der Waals surface area contributed by atoms with E-state index in [1.165, 1.54) is 6.07 Å². The van der Waals surface area contributed by atoms with Crippen molar-refractivity contribution in [2.24, 2.45) is 0 Å². The molecule has 0 atom stereocenters. The zero-order chi connectivity index (χ0) is 14.6. The summed E-state index contributed by atoms with van der Waals surface area (Å²) in [7, 11) is -3.38. The molecule has 1 aromatic carbocycles. The van der Waals surface area contributed by atoms with Crippen LogP contribution in [0, 0.1) is 0 Å². The van der Waals surface area contributed by atoms with Crippen LogP contribution in [-0.2, 0) is 9.84 Å². The number of hydrogen-bond donors (Lipinski definition) is 1. The molecule has 2 rings (SSSR count). The normalized spacial score (nSPS) is 16.2. The quantitative estimate of drug-likeness (QED) is 0.908. The van der Waals surface area contributed by atoms with Gasteiger partial charge in [0.05, 0.1) is 16.2 Å². The first-order valence-corrected chi connectivity index (χ1v) is 8.82. The van der Waals surface area contributed by atoms with Crippen molar-refractivity contribution in [2.45, 2.75) is 50.0 Å². The van der Waals surface area contributed by atoms with Crippen LogP contribution in [0.1, 0.15) is 49.4 Å². The van der Waals surface area contributed by atoms with E-state index in [4.69, 9.17) is 0 Å². The Morgan fingerprint density at radius 1 is 1.25 bits per heavy atom. The molecule has 1 saturated carbocycles. The highest BCUT2D eigenvalue weighted by molar-refractivity contribution is 7.91. The summed E-state index contributed by atoms with van der Waals surface area (Å²) in [5, 5.41) is 2.95. The van der Waals surface area contributed by atoms with Gasteiger partial charge in [0.2, 0.25) is 0 Å². The number of carbonyl (C=O) groups is 1. The fraction of sp³-hybridized carbons (Fsp3) is 0.533. The minimum absolute atomic E-state index is 0.0702. The lowest BCUT2D eigenvalue weighted by molar-refractivity contribution is 0.0934. The SMILES string of the molecule is CCCS(=O)(=O)c1ccccc1C(=O)NC1CCCC1. The topological polar surface area (TPSA) is 63.2 Å². The number of hydrogen-bond acceptors (Lipinski definition) is 3. The molecular weight excluding hydrogens is 274 g/mol. The van der Waals surface area contributed by atoms with E-state index in [2.05, 4.69) is 5.32 Å². The molecule has 0 saturated heterocycles. The van der Waals surface area contributed by atoms with Gasteiger partial charge in [0.25, 0.3) is 5.91 Å². The number of amides is 1. The second-order valence-electron chi connectivity index (χ2n) is 5.27. The molecule has 0 heterocycles. The molecule has 1 N–H and O–H groups in total. The minimum atomic E-state index is -3.38. The van der Waals surface area contributed by atoms with Crippen LogP contribution in [0.3, 0.4) is 0 Å². The molecule has 20 heavy (non-hydrogen) atoms. The van der Waals surface area contributed by atoms with Gasteiger partial charge in [-0.2, -0.15) is 0 Å².